The predicted octanol–water partition coefficient (Wildman–Crippen LogP) is 7.03. The molecule has 1 rings (SSSR count). The SMILES string of the molecule is CCCCCCCCCCCCCCCCOCCCOP(=O)(COC(C)Cn1ccc(=O)[nH]c1=O)OCC. The van der Waals surface area contributed by atoms with Gasteiger partial charge in [0.1, 0.15) is 6.35 Å². The van der Waals surface area contributed by atoms with E-state index >= 15 is 0 Å². The molecule has 9 nitrogen and oxygen atoms in total. The molecule has 10 heteroatoms. The molecule has 0 aliphatic carbocycles. The third-order valence-electron chi connectivity index (χ3n) is 6.56. The first-order chi connectivity index (χ1) is 18.9. The Kier molecular flexibility index (Phi) is 21.5. The van der Waals surface area contributed by atoms with Gasteiger partial charge in [-0.05, 0) is 26.7 Å². The monoisotopic (exact) mass is 574 g/mol. The summed E-state index contributed by atoms with van der Waals surface area (Å²) in [7, 11) is -3.41. The summed E-state index contributed by atoms with van der Waals surface area (Å²) in [6, 6.07) is 1.27. The van der Waals surface area contributed by atoms with Gasteiger partial charge in [-0.15, -0.1) is 0 Å². The number of aromatic amines is 1. The Balaban J connectivity index is 2.01. The molecule has 39 heavy (non-hydrogen) atoms. The number of nitrogens with one attached hydrogen (secondary N) is 1. The van der Waals surface area contributed by atoms with E-state index in [1.807, 2.05) is 0 Å². The number of nitrogens with zero attached hydrogens (tertiary/aromatic N) is 1. The maximum Gasteiger partial charge on any atom is 0.356 e. The third kappa shape index (κ3) is 19.5. The number of rotatable bonds is 27. The number of aromatic nitrogens is 2. The fraction of sp³-hybridized carbons (Fsp3) is 0.862. The second-order valence-electron chi connectivity index (χ2n) is 10.3. The summed E-state index contributed by atoms with van der Waals surface area (Å²) in [5.74, 6) is 0. The van der Waals surface area contributed by atoms with Crippen molar-refractivity contribution < 1.29 is 23.1 Å². The largest absolute Gasteiger partial charge is 0.381 e. The molecule has 0 radical (unpaired) electrons. The van der Waals surface area contributed by atoms with Gasteiger partial charge in [0.05, 0.1) is 25.9 Å². The Labute approximate surface area is 235 Å². The molecule has 0 aliphatic rings. The van der Waals surface area contributed by atoms with Gasteiger partial charge in [-0.25, -0.2) is 4.79 Å². The van der Waals surface area contributed by atoms with Crippen molar-refractivity contribution in [3.05, 3.63) is 33.1 Å². The Morgan fingerprint density at radius 3 is 1.92 bits per heavy atom. The molecule has 0 saturated carbocycles. The number of hydrogen-bond donors (Lipinski definition) is 1. The highest BCUT2D eigenvalue weighted by molar-refractivity contribution is 7.53. The van der Waals surface area contributed by atoms with Crippen LogP contribution in [0.4, 0.5) is 0 Å². The smallest absolute Gasteiger partial charge is 0.356 e. The molecule has 1 aromatic rings. The molecule has 0 bridgehead atoms. The van der Waals surface area contributed by atoms with Gasteiger partial charge >= 0.3 is 13.3 Å². The van der Waals surface area contributed by atoms with Crippen LogP contribution in [0, 0.1) is 0 Å². The molecule has 1 heterocycles. The summed E-state index contributed by atoms with van der Waals surface area (Å²) in [6.07, 6.45) is 20.1. The highest BCUT2D eigenvalue weighted by atomic mass is 31.2. The first-order valence-electron chi connectivity index (χ1n) is 15.3. The highest BCUT2D eigenvalue weighted by Crippen LogP contribution is 2.48. The van der Waals surface area contributed by atoms with Gasteiger partial charge in [0.2, 0.25) is 0 Å². The lowest BCUT2D eigenvalue weighted by atomic mass is 10.0. The van der Waals surface area contributed by atoms with Gasteiger partial charge in [-0.1, -0.05) is 90.4 Å². The molecule has 2 unspecified atom stereocenters. The third-order valence-corrected chi connectivity index (χ3v) is 8.25. The summed E-state index contributed by atoms with van der Waals surface area (Å²) in [4.78, 5) is 25.2. The molecule has 1 N–H and O–H groups in total. The zero-order valence-corrected chi connectivity index (χ0v) is 25.7. The van der Waals surface area contributed by atoms with Crippen molar-refractivity contribution in [2.24, 2.45) is 0 Å². The van der Waals surface area contributed by atoms with Gasteiger partial charge in [0.25, 0.3) is 5.56 Å². The van der Waals surface area contributed by atoms with Crippen LogP contribution in [-0.2, 0) is 29.6 Å². The van der Waals surface area contributed by atoms with E-state index in [1.54, 1.807) is 13.8 Å². The van der Waals surface area contributed by atoms with Crippen molar-refractivity contribution in [3.8, 4) is 0 Å². The van der Waals surface area contributed by atoms with E-state index in [-0.39, 0.29) is 26.1 Å². The van der Waals surface area contributed by atoms with E-state index in [9.17, 15) is 14.2 Å². The molecule has 228 valence electrons. The van der Waals surface area contributed by atoms with Gasteiger partial charge in [-0.3, -0.25) is 18.9 Å². The molecule has 0 fully saturated rings. The standard InChI is InChI=1S/C29H55N2O7P/c1-4-6-7-8-9-10-11-12-13-14-15-16-17-18-22-35-23-19-24-38-39(34,37-5-2)26-36-27(3)25-31-21-20-28(32)30-29(31)33/h20-21,27H,4-19,22-26H2,1-3H3,(H,30,32,33). The van der Waals surface area contributed by atoms with Crippen LogP contribution < -0.4 is 11.2 Å². The van der Waals surface area contributed by atoms with E-state index < -0.39 is 24.9 Å². The van der Waals surface area contributed by atoms with Crippen LogP contribution in [0.15, 0.2) is 21.9 Å². The minimum absolute atomic E-state index is 0.203. The number of unbranched alkanes of at least 4 members (excludes halogenated alkanes) is 13. The van der Waals surface area contributed by atoms with Crippen LogP contribution >= 0.6 is 7.60 Å². The molecule has 0 spiro atoms. The van der Waals surface area contributed by atoms with Crippen LogP contribution in [-0.4, -0.2) is 48.4 Å². The Morgan fingerprint density at radius 2 is 1.36 bits per heavy atom. The molecule has 0 amide bonds. The van der Waals surface area contributed by atoms with Crippen LogP contribution in [0.1, 0.15) is 117 Å². The second-order valence-corrected chi connectivity index (χ2v) is 12.3. The van der Waals surface area contributed by atoms with Crippen molar-refractivity contribution in [3.63, 3.8) is 0 Å². The Hall–Kier alpha value is -1.25. The van der Waals surface area contributed by atoms with E-state index in [0.29, 0.717) is 13.0 Å². The molecule has 0 aromatic carbocycles. The molecular formula is C29H55N2O7P. The predicted molar refractivity (Wildman–Crippen MR) is 158 cm³/mol. The maximum atomic E-state index is 12.9. The molecule has 0 aliphatic heterocycles. The topological polar surface area (TPSA) is 109 Å². The lowest BCUT2D eigenvalue weighted by Crippen LogP contribution is -2.32. The number of H-pyrrole nitrogens is 1. The summed E-state index contributed by atoms with van der Waals surface area (Å²) >= 11 is 0. The average Bonchev–Trinajstić information content (AvgIpc) is 2.91. The lowest BCUT2D eigenvalue weighted by molar-refractivity contribution is 0.0619. The molecule has 2 atom stereocenters. The van der Waals surface area contributed by atoms with Crippen LogP contribution in [0.2, 0.25) is 0 Å². The van der Waals surface area contributed by atoms with Crippen LogP contribution in [0.25, 0.3) is 0 Å². The average molecular weight is 575 g/mol. The Bertz CT molecular complexity index is 874. The van der Waals surface area contributed by atoms with Gasteiger partial charge < -0.3 is 18.5 Å². The van der Waals surface area contributed by atoms with Crippen molar-refractivity contribution in [2.45, 2.75) is 130 Å². The van der Waals surface area contributed by atoms with E-state index in [1.165, 1.54) is 100 Å². The van der Waals surface area contributed by atoms with Crippen molar-refractivity contribution >= 4 is 7.60 Å². The number of ether oxygens (including phenoxy) is 2. The van der Waals surface area contributed by atoms with Crippen LogP contribution in [0.5, 0.6) is 0 Å². The Morgan fingerprint density at radius 1 is 0.795 bits per heavy atom. The van der Waals surface area contributed by atoms with Crippen molar-refractivity contribution in [1.82, 2.24) is 9.55 Å². The fourth-order valence-corrected chi connectivity index (χ4v) is 5.77. The lowest BCUT2D eigenvalue weighted by Gasteiger charge is -2.21. The van der Waals surface area contributed by atoms with Crippen molar-refractivity contribution in [1.29, 1.82) is 0 Å². The first-order valence-corrected chi connectivity index (χ1v) is 17.0. The second kappa shape index (κ2) is 23.5. The molecule has 0 saturated heterocycles. The minimum Gasteiger partial charge on any atom is -0.381 e. The normalized spacial score (nSPS) is 13.9. The van der Waals surface area contributed by atoms with Crippen molar-refractivity contribution in [2.75, 3.05) is 32.8 Å². The van der Waals surface area contributed by atoms with E-state index in [4.69, 9.17) is 18.5 Å². The summed E-state index contributed by atoms with van der Waals surface area (Å²) in [5, 5.41) is 0. The quantitative estimate of drug-likeness (QED) is 0.0887. The zero-order valence-electron chi connectivity index (χ0n) is 24.8. The first kappa shape index (κ1) is 35.8. The van der Waals surface area contributed by atoms with Gasteiger partial charge in [0.15, 0.2) is 0 Å². The van der Waals surface area contributed by atoms with Crippen LogP contribution in [0.3, 0.4) is 0 Å². The molecular weight excluding hydrogens is 519 g/mol. The minimum atomic E-state index is -3.41. The number of hydrogen-bond acceptors (Lipinski definition) is 7. The van der Waals surface area contributed by atoms with Gasteiger partial charge in [0, 0.05) is 25.5 Å². The summed E-state index contributed by atoms with van der Waals surface area (Å²) in [6.45, 7) is 7.76. The highest BCUT2D eigenvalue weighted by Gasteiger charge is 2.25. The van der Waals surface area contributed by atoms with E-state index in [2.05, 4.69) is 11.9 Å². The summed E-state index contributed by atoms with van der Waals surface area (Å²) < 4.78 is 36.5. The summed E-state index contributed by atoms with van der Waals surface area (Å²) in [5.41, 5.74) is -0.973. The zero-order chi connectivity index (χ0) is 28.6. The fourth-order valence-electron chi connectivity index (χ4n) is 4.31. The maximum absolute atomic E-state index is 12.9. The molecule has 1 aromatic heterocycles. The van der Waals surface area contributed by atoms with Gasteiger partial charge in [-0.2, -0.15) is 0 Å². The van der Waals surface area contributed by atoms with E-state index in [0.717, 1.165) is 13.0 Å².